The molecule has 0 bridgehead atoms. The van der Waals surface area contributed by atoms with E-state index in [1.165, 1.54) is 60.7 Å². The largest absolute Gasteiger partial charge is 0.269 e. The maximum absolute atomic E-state index is 10.6. The topological polar surface area (TPSA) is 57.1 Å². The molecular weight excluding hydrogens is 228 g/mol. The Kier molecular flexibility index (Phi) is 2.70. The van der Waals surface area contributed by atoms with Gasteiger partial charge in [-0.1, -0.05) is 6.42 Å². The molecule has 0 spiro atoms. The predicted octanol–water partition coefficient (Wildman–Crippen LogP) is 1.05. The van der Waals surface area contributed by atoms with Gasteiger partial charge in [-0.25, -0.2) is 4.99 Å². The zero-order chi connectivity index (χ0) is 12.5. The summed E-state index contributed by atoms with van der Waals surface area (Å²) in [4.78, 5) is 13.6. The Labute approximate surface area is 105 Å². The van der Waals surface area contributed by atoms with Crippen LogP contribution in [0.5, 0.6) is 0 Å². The summed E-state index contributed by atoms with van der Waals surface area (Å²) in [5.41, 5.74) is 4.05. The lowest BCUT2D eigenvalue weighted by molar-refractivity contribution is -0.400. The van der Waals surface area contributed by atoms with Gasteiger partial charge in [0.1, 0.15) is 0 Å². The smallest absolute Gasteiger partial charge is 0.258 e. The minimum absolute atomic E-state index is 0.135. The van der Waals surface area contributed by atoms with Crippen LogP contribution in [0.15, 0.2) is 24.3 Å². The Morgan fingerprint density at radius 2 is 1.61 bits per heavy atom. The first kappa shape index (κ1) is 11.1. The lowest BCUT2D eigenvalue weighted by Crippen LogP contribution is -2.68. The highest BCUT2D eigenvalue weighted by molar-refractivity contribution is 5.41. The SMILES string of the molecule is O=[N+]([O-])c1ccc([NH+]=c2c3c2CCCCC3)cc1. The second-order valence-electron chi connectivity index (χ2n) is 4.82. The molecule has 4 nitrogen and oxygen atoms in total. The average Bonchev–Trinajstić information content (AvgIpc) is 3.06. The van der Waals surface area contributed by atoms with Crippen molar-refractivity contribution in [1.29, 1.82) is 0 Å². The molecule has 0 aliphatic heterocycles. The van der Waals surface area contributed by atoms with Gasteiger partial charge in [-0.3, -0.25) is 10.1 Å². The summed E-state index contributed by atoms with van der Waals surface area (Å²) in [6.45, 7) is 0. The molecule has 0 amide bonds. The first-order valence-corrected chi connectivity index (χ1v) is 6.37. The molecule has 18 heavy (non-hydrogen) atoms. The fourth-order valence-corrected chi connectivity index (χ4v) is 2.56. The van der Waals surface area contributed by atoms with Crippen LogP contribution in [0.25, 0.3) is 0 Å². The molecule has 0 saturated heterocycles. The van der Waals surface area contributed by atoms with E-state index in [9.17, 15) is 10.1 Å². The van der Waals surface area contributed by atoms with E-state index in [1.807, 2.05) is 0 Å². The summed E-state index contributed by atoms with van der Waals surface area (Å²) >= 11 is 0. The number of nitro groups is 1. The van der Waals surface area contributed by atoms with Crippen LogP contribution in [0, 0.1) is 10.1 Å². The number of nitro benzene ring substituents is 1. The van der Waals surface area contributed by atoms with Crippen LogP contribution in [0.2, 0.25) is 0 Å². The molecule has 1 aliphatic carbocycles. The lowest BCUT2D eigenvalue weighted by atomic mass is 10.2. The van der Waals surface area contributed by atoms with E-state index in [-0.39, 0.29) is 10.6 Å². The van der Waals surface area contributed by atoms with Gasteiger partial charge in [0, 0.05) is 35.4 Å². The van der Waals surface area contributed by atoms with E-state index >= 15 is 0 Å². The van der Waals surface area contributed by atoms with Crippen LogP contribution in [-0.2, 0) is 12.8 Å². The van der Waals surface area contributed by atoms with Crippen LogP contribution >= 0.6 is 0 Å². The molecule has 0 radical (unpaired) electrons. The third-order valence-electron chi connectivity index (χ3n) is 3.61. The average molecular weight is 243 g/mol. The van der Waals surface area contributed by atoms with Crippen LogP contribution in [0.1, 0.15) is 30.4 Å². The standard InChI is InChI=1S/C14H14N2O2/c17-16(18)11-8-6-10(7-9-11)15-14-12-4-2-1-3-5-13(12)14/h6-9H,1-5H2/p+1. The van der Waals surface area contributed by atoms with Crippen molar-refractivity contribution in [3.8, 4) is 0 Å². The summed E-state index contributed by atoms with van der Waals surface area (Å²) < 4.78 is 0. The lowest BCUT2D eigenvalue weighted by Gasteiger charge is -1.90. The van der Waals surface area contributed by atoms with Crippen molar-refractivity contribution in [2.75, 3.05) is 0 Å². The normalized spacial score (nSPS) is 15.1. The molecule has 0 saturated carbocycles. The Balaban J connectivity index is 1.85. The van der Waals surface area contributed by atoms with Crippen molar-refractivity contribution in [2.24, 2.45) is 0 Å². The first-order valence-electron chi connectivity index (χ1n) is 6.37. The van der Waals surface area contributed by atoms with E-state index in [4.69, 9.17) is 0 Å². The summed E-state index contributed by atoms with van der Waals surface area (Å²) in [5.74, 6) is 0. The van der Waals surface area contributed by atoms with Gasteiger partial charge >= 0.3 is 0 Å². The number of hydrogen-bond donors (Lipinski definition) is 1. The van der Waals surface area contributed by atoms with E-state index in [0.717, 1.165) is 5.69 Å². The molecule has 0 fully saturated rings. The fraction of sp³-hybridized carbons (Fsp3) is 0.357. The Morgan fingerprint density at radius 3 is 2.17 bits per heavy atom. The zero-order valence-corrected chi connectivity index (χ0v) is 10.1. The van der Waals surface area contributed by atoms with E-state index < -0.39 is 0 Å². The van der Waals surface area contributed by atoms with Gasteiger partial charge < -0.3 is 0 Å². The maximum atomic E-state index is 10.6. The Morgan fingerprint density at radius 1 is 1.00 bits per heavy atom. The highest BCUT2D eigenvalue weighted by Crippen LogP contribution is 2.20. The Hall–Kier alpha value is -1.97. The van der Waals surface area contributed by atoms with Crippen molar-refractivity contribution >= 4 is 11.4 Å². The minimum atomic E-state index is -0.374. The molecule has 2 aromatic rings. The number of hydrogen-bond acceptors (Lipinski definition) is 2. The summed E-state index contributed by atoms with van der Waals surface area (Å²) in [7, 11) is 0. The van der Waals surface area contributed by atoms with Gasteiger partial charge in [0.15, 0.2) is 0 Å². The van der Waals surface area contributed by atoms with Crippen LogP contribution < -0.4 is 10.3 Å². The second-order valence-corrected chi connectivity index (χ2v) is 4.82. The number of nitrogens with one attached hydrogen (secondary N) is 1. The van der Waals surface area contributed by atoms with Crippen LogP contribution in [0.4, 0.5) is 11.4 Å². The van der Waals surface area contributed by atoms with Gasteiger partial charge in [0.25, 0.3) is 5.69 Å². The van der Waals surface area contributed by atoms with Crippen molar-refractivity contribution in [2.45, 2.75) is 32.1 Å². The quantitative estimate of drug-likeness (QED) is 0.487. The van der Waals surface area contributed by atoms with Crippen molar-refractivity contribution in [1.82, 2.24) is 0 Å². The minimum Gasteiger partial charge on any atom is -0.258 e. The van der Waals surface area contributed by atoms with Crippen LogP contribution in [-0.4, -0.2) is 4.92 Å². The molecule has 92 valence electrons. The van der Waals surface area contributed by atoms with Gasteiger partial charge in [-0.05, 0) is 25.7 Å². The number of rotatable bonds is 2. The molecule has 1 aliphatic rings. The van der Waals surface area contributed by atoms with Gasteiger partial charge in [0.2, 0.25) is 11.0 Å². The highest BCUT2D eigenvalue weighted by atomic mass is 16.6. The molecule has 0 unspecified atom stereocenters. The van der Waals surface area contributed by atoms with Crippen molar-refractivity contribution < 1.29 is 9.92 Å². The number of benzene rings is 1. The number of fused-ring (bicyclic) bond motifs is 1. The molecule has 1 N–H and O–H groups in total. The third kappa shape index (κ3) is 2.06. The fourth-order valence-electron chi connectivity index (χ4n) is 2.56. The summed E-state index contributed by atoms with van der Waals surface area (Å²) in [6.07, 6.45) is 6.27. The molecule has 2 aromatic carbocycles. The highest BCUT2D eigenvalue weighted by Gasteiger charge is 2.26. The molecular formula is C14H15N2O2+. The monoisotopic (exact) mass is 243 g/mol. The molecule has 0 atom stereocenters. The summed E-state index contributed by atoms with van der Waals surface area (Å²) in [5, 5.41) is 11.8. The zero-order valence-electron chi connectivity index (χ0n) is 10.1. The van der Waals surface area contributed by atoms with Crippen molar-refractivity contribution in [3.05, 3.63) is 50.9 Å². The van der Waals surface area contributed by atoms with E-state index in [1.54, 1.807) is 12.1 Å². The van der Waals surface area contributed by atoms with E-state index in [0.29, 0.717) is 0 Å². The van der Waals surface area contributed by atoms with E-state index in [2.05, 4.69) is 4.99 Å². The van der Waals surface area contributed by atoms with Gasteiger partial charge in [-0.2, -0.15) is 0 Å². The molecule has 0 heterocycles. The molecule has 3 rings (SSSR count). The van der Waals surface area contributed by atoms with Gasteiger partial charge in [0.05, 0.1) is 4.92 Å². The third-order valence-corrected chi connectivity index (χ3v) is 3.61. The van der Waals surface area contributed by atoms with Gasteiger partial charge in [-0.15, -0.1) is 0 Å². The summed E-state index contributed by atoms with van der Waals surface area (Å²) in [6, 6.07) is 6.61. The Bertz CT molecular complexity index is 583. The molecule has 4 heteroatoms. The predicted molar refractivity (Wildman–Crippen MR) is 66.9 cm³/mol. The first-order chi connectivity index (χ1) is 8.75. The number of non-ortho nitro benzene ring substituents is 1. The molecule has 0 aromatic heterocycles. The number of nitrogens with zero attached hydrogens (tertiary/aromatic N) is 1. The van der Waals surface area contributed by atoms with Crippen molar-refractivity contribution in [3.63, 3.8) is 0 Å². The maximum Gasteiger partial charge on any atom is 0.269 e. The van der Waals surface area contributed by atoms with Crippen LogP contribution in [0.3, 0.4) is 0 Å². The second kappa shape index (κ2) is 4.37.